The molecule has 0 aliphatic carbocycles. The maximum Gasteiger partial charge on any atom is 0.357 e. The first kappa shape index (κ1) is 20.2. The fourth-order valence-electron chi connectivity index (χ4n) is 4.45. The predicted molar refractivity (Wildman–Crippen MR) is 124 cm³/mol. The zero-order chi connectivity index (χ0) is 21.2. The number of esters is 1. The van der Waals surface area contributed by atoms with Crippen molar-refractivity contribution in [2.24, 2.45) is 0 Å². The van der Waals surface area contributed by atoms with Gasteiger partial charge in [0, 0.05) is 48.1 Å². The van der Waals surface area contributed by atoms with E-state index >= 15 is 0 Å². The topological polar surface area (TPSA) is 45.7 Å². The van der Waals surface area contributed by atoms with Crippen LogP contribution in [0.1, 0.15) is 28.0 Å². The van der Waals surface area contributed by atoms with Crippen molar-refractivity contribution in [1.82, 2.24) is 9.88 Å². The smallest absolute Gasteiger partial charge is 0.357 e. The Kier molecular flexibility index (Phi) is 5.74. The van der Waals surface area contributed by atoms with Gasteiger partial charge in [0.05, 0.1) is 0 Å². The molecule has 0 saturated carbocycles. The number of piperazine rings is 1. The third-order valence-corrected chi connectivity index (χ3v) is 6.68. The number of carbonyl (C=O) groups excluding carboxylic acids is 1. The number of piperidine rings is 1. The van der Waals surface area contributed by atoms with E-state index in [4.69, 9.17) is 4.74 Å². The average molecular weight is 478 g/mol. The summed E-state index contributed by atoms with van der Waals surface area (Å²) < 4.78 is 6.48. The van der Waals surface area contributed by atoms with E-state index in [-0.39, 0.29) is 12.6 Å². The number of rotatable bonds is 6. The number of halogens is 1. The van der Waals surface area contributed by atoms with E-state index in [1.807, 2.05) is 36.4 Å². The van der Waals surface area contributed by atoms with Gasteiger partial charge >= 0.3 is 5.97 Å². The Labute approximate surface area is 190 Å². The van der Waals surface area contributed by atoms with Crippen LogP contribution in [-0.4, -0.2) is 41.0 Å². The summed E-state index contributed by atoms with van der Waals surface area (Å²) in [6.07, 6.45) is 3.06. The highest BCUT2D eigenvalue weighted by atomic mass is 79.9. The Balaban J connectivity index is 1.15. The number of ether oxygens (including phenoxy) is 1. The minimum absolute atomic E-state index is 0.259. The summed E-state index contributed by atoms with van der Waals surface area (Å²) in [5.41, 5.74) is 3.74. The Hall–Kier alpha value is -2.70. The van der Waals surface area contributed by atoms with Gasteiger partial charge in [-0.1, -0.05) is 52.3 Å². The number of fused-ring (bicyclic) bond motifs is 2. The fraction of sp³-hybridized carbons (Fsp3) is 0.280. The Morgan fingerprint density at radius 3 is 2.39 bits per heavy atom. The quantitative estimate of drug-likeness (QED) is 0.483. The molecule has 3 aromatic rings. The number of anilines is 1. The first-order valence-corrected chi connectivity index (χ1v) is 11.4. The highest BCUT2D eigenvalue weighted by Crippen LogP contribution is 2.36. The molecule has 3 saturated heterocycles. The van der Waals surface area contributed by atoms with Crippen LogP contribution in [-0.2, 0) is 17.9 Å². The molecule has 2 aromatic carbocycles. The Bertz CT molecular complexity index is 1030. The van der Waals surface area contributed by atoms with Crippen molar-refractivity contribution in [2.75, 3.05) is 18.0 Å². The number of nitrogens with zero attached hydrogens (tertiary/aromatic N) is 3. The van der Waals surface area contributed by atoms with E-state index in [1.165, 1.54) is 12.1 Å². The van der Waals surface area contributed by atoms with Crippen LogP contribution >= 0.6 is 15.9 Å². The molecule has 2 unspecified atom stereocenters. The van der Waals surface area contributed by atoms with Crippen LogP contribution in [0.4, 0.5) is 5.69 Å². The van der Waals surface area contributed by atoms with Gasteiger partial charge in [0.2, 0.25) is 0 Å². The van der Waals surface area contributed by atoms with E-state index in [9.17, 15) is 4.79 Å². The van der Waals surface area contributed by atoms with Crippen LogP contribution in [0, 0.1) is 0 Å². The first-order chi connectivity index (χ1) is 15.2. The molecule has 1 aromatic heterocycles. The molecule has 2 bridgehead atoms. The highest BCUT2D eigenvalue weighted by Gasteiger charge is 2.44. The minimum Gasteiger partial charge on any atom is -0.456 e. The van der Waals surface area contributed by atoms with E-state index in [1.54, 1.807) is 12.3 Å². The van der Waals surface area contributed by atoms with Crippen molar-refractivity contribution in [3.63, 3.8) is 0 Å². The molecule has 158 valence electrons. The molecule has 2 atom stereocenters. The van der Waals surface area contributed by atoms with Crippen LogP contribution in [0.2, 0.25) is 0 Å². The summed E-state index contributed by atoms with van der Waals surface area (Å²) >= 11 is 3.51. The normalized spacial score (nSPS) is 20.2. The van der Waals surface area contributed by atoms with E-state index in [0.29, 0.717) is 17.8 Å². The van der Waals surface area contributed by atoms with Gasteiger partial charge in [-0.15, -0.1) is 0 Å². The number of hydrogen-bond donors (Lipinski definition) is 0. The molecule has 0 radical (unpaired) electrons. The average Bonchev–Trinajstić information content (AvgIpc) is 2.82. The van der Waals surface area contributed by atoms with Gasteiger partial charge in [-0.05, 0) is 47.9 Å². The maximum absolute atomic E-state index is 12.3. The summed E-state index contributed by atoms with van der Waals surface area (Å²) in [6, 6.07) is 23.1. The van der Waals surface area contributed by atoms with Crippen molar-refractivity contribution in [3.05, 3.63) is 94.2 Å². The number of aromatic nitrogens is 1. The van der Waals surface area contributed by atoms with Crippen molar-refractivity contribution in [2.45, 2.75) is 31.7 Å². The molecule has 3 aliphatic heterocycles. The molecule has 5 nitrogen and oxygen atoms in total. The molecule has 0 N–H and O–H groups in total. The molecule has 6 heteroatoms. The molecular formula is C25H24BrN3O2. The molecule has 3 fully saturated rings. The Morgan fingerprint density at radius 1 is 0.968 bits per heavy atom. The summed E-state index contributed by atoms with van der Waals surface area (Å²) in [4.78, 5) is 21.7. The standard InChI is InChI=1S/C25H24BrN3O2/c26-20-7-9-21(10-8-20)28-15-22-12-23(16-28)29(22)14-19-6-11-24(27-13-19)25(30)31-17-18-4-2-1-3-5-18/h1-11,13,22-23H,12,14-17H2. The van der Waals surface area contributed by atoms with Gasteiger partial charge in [0.15, 0.2) is 0 Å². The van der Waals surface area contributed by atoms with Crippen molar-refractivity contribution < 1.29 is 9.53 Å². The lowest BCUT2D eigenvalue weighted by atomic mass is 9.86. The van der Waals surface area contributed by atoms with Crippen LogP contribution in [0.25, 0.3) is 0 Å². The second kappa shape index (κ2) is 8.81. The lowest BCUT2D eigenvalue weighted by Gasteiger charge is -2.57. The summed E-state index contributed by atoms with van der Waals surface area (Å²) in [6.45, 7) is 3.23. The summed E-state index contributed by atoms with van der Waals surface area (Å²) in [7, 11) is 0. The fourth-order valence-corrected chi connectivity index (χ4v) is 4.72. The van der Waals surface area contributed by atoms with E-state index < -0.39 is 0 Å². The molecule has 0 spiro atoms. The molecular weight excluding hydrogens is 454 g/mol. The number of pyridine rings is 1. The zero-order valence-electron chi connectivity index (χ0n) is 17.2. The summed E-state index contributed by atoms with van der Waals surface area (Å²) in [5, 5.41) is 0. The van der Waals surface area contributed by atoms with Crippen molar-refractivity contribution >= 4 is 27.6 Å². The van der Waals surface area contributed by atoms with E-state index in [0.717, 1.165) is 35.2 Å². The van der Waals surface area contributed by atoms with Crippen LogP contribution in [0.15, 0.2) is 77.4 Å². The second-order valence-corrected chi connectivity index (χ2v) is 9.13. The van der Waals surface area contributed by atoms with Crippen LogP contribution in [0.3, 0.4) is 0 Å². The predicted octanol–water partition coefficient (Wildman–Crippen LogP) is 4.66. The van der Waals surface area contributed by atoms with Crippen molar-refractivity contribution in [3.8, 4) is 0 Å². The van der Waals surface area contributed by atoms with Crippen LogP contribution in [0.5, 0.6) is 0 Å². The van der Waals surface area contributed by atoms with Gasteiger partial charge in [-0.2, -0.15) is 0 Å². The summed E-state index contributed by atoms with van der Waals surface area (Å²) in [5.74, 6) is -0.388. The highest BCUT2D eigenvalue weighted by molar-refractivity contribution is 9.10. The van der Waals surface area contributed by atoms with Gasteiger partial charge < -0.3 is 9.64 Å². The molecule has 31 heavy (non-hydrogen) atoms. The van der Waals surface area contributed by atoms with Crippen LogP contribution < -0.4 is 4.90 Å². The second-order valence-electron chi connectivity index (χ2n) is 8.21. The molecule has 3 aliphatic rings. The molecule has 6 rings (SSSR count). The lowest BCUT2D eigenvalue weighted by molar-refractivity contribution is -0.00851. The maximum atomic E-state index is 12.3. The van der Waals surface area contributed by atoms with Gasteiger partial charge in [0.1, 0.15) is 12.3 Å². The van der Waals surface area contributed by atoms with Gasteiger partial charge in [-0.25, -0.2) is 9.78 Å². The largest absolute Gasteiger partial charge is 0.456 e. The number of benzene rings is 2. The monoisotopic (exact) mass is 477 g/mol. The SMILES string of the molecule is O=C(OCc1ccccc1)c1ccc(CN2C3CC2CN(c2ccc(Br)cc2)C3)cn1. The molecule has 0 amide bonds. The third kappa shape index (κ3) is 4.50. The lowest BCUT2D eigenvalue weighted by Crippen LogP contribution is -2.68. The van der Waals surface area contributed by atoms with E-state index in [2.05, 4.69) is 55.0 Å². The minimum atomic E-state index is -0.388. The van der Waals surface area contributed by atoms with Crippen molar-refractivity contribution in [1.29, 1.82) is 0 Å². The Morgan fingerprint density at radius 2 is 1.71 bits per heavy atom. The van der Waals surface area contributed by atoms with Gasteiger partial charge in [0.25, 0.3) is 0 Å². The number of hydrogen-bond acceptors (Lipinski definition) is 5. The zero-order valence-corrected chi connectivity index (χ0v) is 18.7. The third-order valence-electron chi connectivity index (χ3n) is 6.15. The van der Waals surface area contributed by atoms with Gasteiger partial charge in [-0.3, -0.25) is 4.90 Å². The first-order valence-electron chi connectivity index (χ1n) is 10.6. The number of carbonyl (C=O) groups is 1. The molecule has 4 heterocycles.